The molecule has 0 unspecified atom stereocenters. The topological polar surface area (TPSA) is 55.6 Å². The van der Waals surface area contributed by atoms with Crippen LogP contribution in [0.25, 0.3) is 0 Å². The second kappa shape index (κ2) is 5.83. The molecule has 0 atom stereocenters. The highest BCUT2D eigenvalue weighted by molar-refractivity contribution is 5.92. The summed E-state index contributed by atoms with van der Waals surface area (Å²) in [6.45, 7) is 0.790. The van der Waals surface area contributed by atoms with E-state index in [0.29, 0.717) is 12.8 Å². The van der Waals surface area contributed by atoms with Gasteiger partial charge in [-0.1, -0.05) is 0 Å². The molecule has 4 nitrogen and oxygen atoms in total. The zero-order valence-corrected chi connectivity index (χ0v) is 11.6. The second-order valence-electron chi connectivity index (χ2n) is 4.97. The van der Waals surface area contributed by atoms with Crippen LogP contribution in [0.2, 0.25) is 0 Å². The molecule has 1 aromatic carbocycles. The molecule has 1 aromatic rings. The Hall–Kier alpha value is -1.92. The molecule has 0 spiro atoms. The predicted molar refractivity (Wildman–Crippen MR) is 73.2 cm³/mol. The van der Waals surface area contributed by atoms with Gasteiger partial charge in [0.05, 0.1) is 23.5 Å². The summed E-state index contributed by atoms with van der Waals surface area (Å²) in [6.07, 6.45) is -2.94. The van der Waals surface area contributed by atoms with Crippen molar-refractivity contribution in [2.24, 2.45) is 0 Å². The van der Waals surface area contributed by atoms with Crippen LogP contribution in [0.3, 0.4) is 0 Å². The summed E-state index contributed by atoms with van der Waals surface area (Å²) in [5.74, 6) is -0.568. The number of anilines is 2. The van der Waals surface area contributed by atoms with Crippen molar-refractivity contribution in [1.29, 1.82) is 0 Å². The lowest BCUT2D eigenvalue weighted by Gasteiger charge is -2.27. The van der Waals surface area contributed by atoms with Crippen LogP contribution in [0.1, 0.15) is 30.1 Å². The van der Waals surface area contributed by atoms with Crippen LogP contribution < -0.4 is 10.6 Å². The third-order valence-corrected chi connectivity index (χ3v) is 3.19. The maximum atomic E-state index is 12.7. The summed E-state index contributed by atoms with van der Waals surface area (Å²) in [7, 11) is 0. The standard InChI is InChI=1S/C14H17F3N2O2/c1-2-21-13(20)9-3-6-11(18)12(7-9)19(10-4-5-10)8-14(15,16)17/h3,6-7,10H,2,4-5,8,18H2,1H3. The Morgan fingerprint density at radius 2 is 2.10 bits per heavy atom. The van der Waals surface area contributed by atoms with Crippen molar-refractivity contribution in [3.05, 3.63) is 23.8 Å². The maximum Gasteiger partial charge on any atom is 0.405 e. The van der Waals surface area contributed by atoms with Crippen molar-refractivity contribution >= 4 is 17.3 Å². The van der Waals surface area contributed by atoms with Gasteiger partial charge >= 0.3 is 12.1 Å². The molecule has 2 rings (SSSR count). The van der Waals surface area contributed by atoms with Crippen LogP contribution in [0.15, 0.2) is 18.2 Å². The van der Waals surface area contributed by atoms with Crippen molar-refractivity contribution in [2.45, 2.75) is 32.0 Å². The molecule has 1 aliphatic rings. The minimum Gasteiger partial charge on any atom is -0.462 e. The van der Waals surface area contributed by atoms with E-state index >= 15 is 0 Å². The Bertz CT molecular complexity index is 527. The Kier molecular flexibility index (Phi) is 4.29. The minimum atomic E-state index is -4.32. The third-order valence-electron chi connectivity index (χ3n) is 3.19. The number of benzene rings is 1. The number of esters is 1. The largest absolute Gasteiger partial charge is 0.462 e. The van der Waals surface area contributed by atoms with E-state index in [1.807, 2.05) is 0 Å². The lowest BCUT2D eigenvalue weighted by molar-refractivity contribution is -0.119. The fourth-order valence-electron chi connectivity index (χ4n) is 2.12. The highest BCUT2D eigenvalue weighted by Gasteiger charge is 2.39. The number of carbonyl (C=O) groups excluding carboxylic acids is 1. The number of nitrogen functional groups attached to an aromatic ring is 1. The first-order valence-electron chi connectivity index (χ1n) is 6.72. The van der Waals surface area contributed by atoms with Crippen LogP contribution in [0, 0.1) is 0 Å². The molecule has 0 radical (unpaired) electrons. The van der Waals surface area contributed by atoms with Crippen molar-refractivity contribution in [1.82, 2.24) is 0 Å². The molecule has 21 heavy (non-hydrogen) atoms. The second-order valence-corrected chi connectivity index (χ2v) is 4.97. The van der Waals surface area contributed by atoms with Gasteiger partial charge in [-0.3, -0.25) is 0 Å². The molecular formula is C14H17F3N2O2. The summed E-state index contributed by atoms with van der Waals surface area (Å²) in [6, 6.07) is 4.09. The molecule has 0 aromatic heterocycles. The number of alkyl halides is 3. The first kappa shape index (κ1) is 15.5. The molecule has 7 heteroatoms. The van der Waals surface area contributed by atoms with Crippen LogP contribution in [-0.2, 0) is 4.74 Å². The SMILES string of the molecule is CCOC(=O)c1ccc(N)c(N(CC(F)(F)F)C2CC2)c1. The summed E-state index contributed by atoms with van der Waals surface area (Å²) >= 11 is 0. The molecule has 2 N–H and O–H groups in total. The van der Waals surface area contributed by atoms with Gasteiger partial charge in [0.2, 0.25) is 0 Å². The Balaban J connectivity index is 2.31. The normalized spacial score (nSPS) is 14.9. The molecule has 0 bridgehead atoms. The Labute approximate surface area is 120 Å². The lowest BCUT2D eigenvalue weighted by Crippen LogP contribution is -2.36. The zero-order chi connectivity index (χ0) is 15.6. The summed E-state index contributed by atoms with van der Waals surface area (Å²) < 4.78 is 43.0. The summed E-state index contributed by atoms with van der Waals surface area (Å²) in [5.41, 5.74) is 6.45. The summed E-state index contributed by atoms with van der Waals surface area (Å²) in [4.78, 5) is 12.9. The molecule has 0 amide bonds. The molecule has 0 saturated heterocycles. The van der Waals surface area contributed by atoms with E-state index in [1.54, 1.807) is 6.92 Å². The van der Waals surface area contributed by atoms with Crippen molar-refractivity contribution in [3.8, 4) is 0 Å². The van der Waals surface area contributed by atoms with Gasteiger partial charge in [-0.15, -0.1) is 0 Å². The van der Waals surface area contributed by atoms with Crippen LogP contribution in [-0.4, -0.2) is 31.3 Å². The van der Waals surface area contributed by atoms with E-state index in [-0.39, 0.29) is 29.6 Å². The highest BCUT2D eigenvalue weighted by Crippen LogP contribution is 2.37. The number of carbonyl (C=O) groups is 1. The zero-order valence-electron chi connectivity index (χ0n) is 11.6. The fourth-order valence-corrected chi connectivity index (χ4v) is 2.12. The van der Waals surface area contributed by atoms with Gasteiger partial charge in [-0.25, -0.2) is 4.79 Å². The van der Waals surface area contributed by atoms with Gasteiger partial charge in [0.25, 0.3) is 0 Å². The van der Waals surface area contributed by atoms with Gasteiger partial charge in [0.15, 0.2) is 0 Å². The lowest BCUT2D eigenvalue weighted by atomic mass is 10.1. The molecule has 0 heterocycles. The van der Waals surface area contributed by atoms with Crippen LogP contribution in [0.4, 0.5) is 24.5 Å². The average Bonchev–Trinajstić information content (AvgIpc) is 3.20. The van der Waals surface area contributed by atoms with Gasteiger partial charge in [-0.2, -0.15) is 13.2 Å². The summed E-state index contributed by atoms with van der Waals surface area (Å²) in [5, 5.41) is 0. The van der Waals surface area contributed by atoms with Crippen LogP contribution in [0.5, 0.6) is 0 Å². The van der Waals surface area contributed by atoms with Crippen LogP contribution >= 0.6 is 0 Å². The number of hydrogen-bond donors (Lipinski definition) is 1. The molecule has 1 fully saturated rings. The number of nitrogens with zero attached hydrogens (tertiary/aromatic N) is 1. The Morgan fingerprint density at radius 1 is 1.43 bits per heavy atom. The van der Waals surface area contributed by atoms with Crippen molar-refractivity contribution < 1.29 is 22.7 Å². The van der Waals surface area contributed by atoms with Gasteiger partial charge in [-0.05, 0) is 38.0 Å². The van der Waals surface area contributed by atoms with Crippen molar-refractivity contribution in [3.63, 3.8) is 0 Å². The smallest absolute Gasteiger partial charge is 0.405 e. The predicted octanol–water partition coefficient (Wildman–Crippen LogP) is 2.98. The van der Waals surface area contributed by atoms with E-state index in [2.05, 4.69) is 0 Å². The first-order valence-corrected chi connectivity index (χ1v) is 6.72. The molecule has 1 aliphatic carbocycles. The minimum absolute atomic E-state index is 0.175. The van der Waals surface area contributed by atoms with E-state index < -0.39 is 18.7 Å². The molecular weight excluding hydrogens is 285 g/mol. The van der Waals surface area contributed by atoms with E-state index in [9.17, 15) is 18.0 Å². The number of rotatable bonds is 5. The third kappa shape index (κ3) is 4.03. The number of nitrogens with two attached hydrogens (primary N) is 1. The average molecular weight is 302 g/mol. The monoisotopic (exact) mass is 302 g/mol. The highest BCUT2D eigenvalue weighted by atomic mass is 19.4. The fraction of sp³-hybridized carbons (Fsp3) is 0.500. The number of ether oxygens (including phenoxy) is 1. The molecule has 0 aliphatic heterocycles. The molecule has 1 saturated carbocycles. The van der Waals surface area contributed by atoms with E-state index in [4.69, 9.17) is 10.5 Å². The van der Waals surface area contributed by atoms with Gasteiger partial charge in [0.1, 0.15) is 6.54 Å². The quantitative estimate of drug-likeness (QED) is 0.671. The number of halogens is 3. The van der Waals surface area contributed by atoms with Gasteiger partial charge in [0, 0.05) is 6.04 Å². The maximum absolute atomic E-state index is 12.7. The number of hydrogen-bond acceptors (Lipinski definition) is 4. The van der Waals surface area contributed by atoms with Crippen molar-refractivity contribution in [2.75, 3.05) is 23.8 Å². The van der Waals surface area contributed by atoms with Gasteiger partial charge < -0.3 is 15.4 Å². The molecule has 116 valence electrons. The Morgan fingerprint density at radius 3 is 2.62 bits per heavy atom. The van der Waals surface area contributed by atoms with E-state index in [0.717, 1.165) is 0 Å². The first-order chi connectivity index (χ1) is 9.81. The van der Waals surface area contributed by atoms with E-state index in [1.165, 1.54) is 23.1 Å².